The average molecular weight is 456 g/mol. The Morgan fingerprint density at radius 3 is 2.56 bits per heavy atom. The largest absolute Gasteiger partial charge is 0.508 e. The maximum atomic E-state index is 13.1. The second kappa shape index (κ2) is 8.04. The van der Waals surface area contributed by atoms with Crippen molar-refractivity contribution in [2.45, 2.75) is 25.0 Å². The number of phenols is 1. The number of nitrogens with zero attached hydrogens (tertiary/aromatic N) is 3. The van der Waals surface area contributed by atoms with Gasteiger partial charge in [-0.25, -0.2) is 0 Å². The smallest absolute Gasteiger partial charge is 0.285 e. The van der Waals surface area contributed by atoms with E-state index in [4.69, 9.17) is 4.84 Å². The molecule has 2 bridgehead atoms. The average Bonchev–Trinajstić information content (AvgIpc) is 3.12. The molecule has 0 radical (unpaired) electrons. The third kappa shape index (κ3) is 3.23. The lowest BCUT2D eigenvalue weighted by Gasteiger charge is -2.51. The van der Waals surface area contributed by atoms with Crippen LogP contribution in [0.5, 0.6) is 5.75 Å². The van der Waals surface area contributed by atoms with E-state index in [1.165, 1.54) is 0 Å². The number of hydrogen-bond acceptors (Lipinski definition) is 6. The number of carbonyl (C=O) groups excluding carboxylic acids is 2. The molecular weight excluding hydrogens is 430 g/mol. The highest BCUT2D eigenvalue weighted by Crippen LogP contribution is 2.44. The van der Waals surface area contributed by atoms with Crippen LogP contribution in [0.15, 0.2) is 67.4 Å². The molecule has 5 heterocycles. The second-order valence-electron chi connectivity index (χ2n) is 9.32. The topological polar surface area (TPSA) is 83.0 Å². The van der Waals surface area contributed by atoms with E-state index >= 15 is 0 Å². The molecule has 2 amide bonds. The Kier molecular flexibility index (Phi) is 4.97. The summed E-state index contributed by atoms with van der Waals surface area (Å²) in [6.45, 7) is 5.81. The van der Waals surface area contributed by atoms with Crippen LogP contribution >= 0.6 is 0 Å². The lowest BCUT2D eigenvalue weighted by Crippen LogP contribution is -2.56. The standard InChI is InChI=1S/C27H25N3O4/c1-2-16-15-29-12-10-17(16)13-24(29)25(19-9-11-28-23-8-7-18(31)14-22(19)23)34-30-26(32)20-5-3-4-6-21(20)27(30)33/h2-9,11,14,16-17,24-25,31H,1,10,12-13,15H2/t16-,17-,24-,25+/m0/s1. The number of pyridine rings is 1. The number of amides is 2. The zero-order chi connectivity index (χ0) is 23.4. The highest BCUT2D eigenvalue weighted by Gasteiger charge is 2.46. The number of hydrogen-bond donors (Lipinski definition) is 1. The zero-order valence-corrected chi connectivity index (χ0v) is 18.6. The summed E-state index contributed by atoms with van der Waals surface area (Å²) in [6, 6.07) is 13.6. The van der Waals surface area contributed by atoms with Gasteiger partial charge in [-0.05, 0) is 73.2 Å². The highest BCUT2D eigenvalue weighted by atomic mass is 16.7. The van der Waals surface area contributed by atoms with Crippen LogP contribution in [0.2, 0.25) is 0 Å². The number of phenolic OH excluding ortho intramolecular Hbond substituents is 1. The summed E-state index contributed by atoms with van der Waals surface area (Å²) >= 11 is 0. The van der Waals surface area contributed by atoms with Crippen LogP contribution in [0, 0.1) is 11.8 Å². The van der Waals surface area contributed by atoms with Crippen LogP contribution in [0.4, 0.5) is 0 Å². The second-order valence-corrected chi connectivity index (χ2v) is 9.32. The summed E-state index contributed by atoms with van der Waals surface area (Å²) in [7, 11) is 0. The first-order valence-corrected chi connectivity index (χ1v) is 11.6. The number of rotatable bonds is 5. The Hall–Kier alpha value is -3.55. The van der Waals surface area contributed by atoms with Gasteiger partial charge in [-0.15, -0.1) is 11.6 Å². The number of piperidine rings is 3. The SMILES string of the molecule is C=C[C@H]1CN2CC[C@H]1C[C@H]2[C@H](ON1C(=O)c2ccccc2C1=O)c1ccnc2ccc(O)cc12. The first-order valence-electron chi connectivity index (χ1n) is 11.6. The van der Waals surface area contributed by atoms with Crippen molar-refractivity contribution in [2.24, 2.45) is 11.8 Å². The van der Waals surface area contributed by atoms with Gasteiger partial charge in [0.15, 0.2) is 0 Å². The molecule has 0 aliphatic carbocycles. The van der Waals surface area contributed by atoms with E-state index in [1.54, 1.807) is 48.7 Å². The van der Waals surface area contributed by atoms with Gasteiger partial charge in [0.25, 0.3) is 11.8 Å². The summed E-state index contributed by atoms with van der Waals surface area (Å²) in [5.74, 6) is 0.113. The molecule has 3 aromatic rings. The molecule has 5 atom stereocenters. The number of carbonyl (C=O) groups is 2. The molecule has 0 spiro atoms. The van der Waals surface area contributed by atoms with Crippen molar-refractivity contribution in [2.75, 3.05) is 13.1 Å². The minimum absolute atomic E-state index is 0.0350. The molecule has 3 fully saturated rings. The Labute approximate surface area is 197 Å². The van der Waals surface area contributed by atoms with Crippen molar-refractivity contribution in [3.63, 3.8) is 0 Å². The monoisotopic (exact) mass is 455 g/mol. The van der Waals surface area contributed by atoms with Crippen molar-refractivity contribution in [3.8, 4) is 5.75 Å². The van der Waals surface area contributed by atoms with E-state index in [0.717, 1.165) is 41.9 Å². The van der Waals surface area contributed by atoms with E-state index in [0.29, 0.717) is 28.5 Å². The molecule has 3 saturated heterocycles. The molecule has 0 saturated carbocycles. The van der Waals surface area contributed by atoms with Gasteiger partial charge in [-0.2, -0.15) is 0 Å². The van der Waals surface area contributed by atoms with E-state index in [9.17, 15) is 14.7 Å². The molecule has 2 aromatic carbocycles. The van der Waals surface area contributed by atoms with Crippen LogP contribution in [-0.4, -0.2) is 51.0 Å². The van der Waals surface area contributed by atoms with Crippen LogP contribution in [-0.2, 0) is 4.84 Å². The van der Waals surface area contributed by atoms with Crippen molar-refractivity contribution in [1.82, 2.24) is 14.9 Å². The predicted molar refractivity (Wildman–Crippen MR) is 126 cm³/mol. The number of fused-ring (bicyclic) bond motifs is 5. The lowest BCUT2D eigenvalue weighted by molar-refractivity contribution is -0.173. The number of imide groups is 1. The lowest BCUT2D eigenvalue weighted by atomic mass is 9.73. The highest BCUT2D eigenvalue weighted by molar-refractivity contribution is 6.20. The normalized spacial score (nSPS) is 26.6. The van der Waals surface area contributed by atoms with Gasteiger partial charge in [0, 0.05) is 24.2 Å². The molecule has 1 aromatic heterocycles. The Balaban J connectivity index is 1.44. The number of benzene rings is 2. The van der Waals surface area contributed by atoms with Crippen molar-refractivity contribution in [1.29, 1.82) is 0 Å². The van der Waals surface area contributed by atoms with E-state index in [1.807, 2.05) is 12.1 Å². The fraction of sp³-hybridized carbons (Fsp3) is 0.296. The molecular formula is C27H25N3O4. The quantitative estimate of drug-likeness (QED) is 0.461. The number of aromatic nitrogens is 1. The number of hydroxylamine groups is 2. The van der Waals surface area contributed by atoms with Gasteiger partial charge in [0.2, 0.25) is 0 Å². The summed E-state index contributed by atoms with van der Waals surface area (Å²) in [5.41, 5.74) is 2.21. The zero-order valence-electron chi connectivity index (χ0n) is 18.6. The van der Waals surface area contributed by atoms with Gasteiger partial charge in [-0.3, -0.25) is 24.3 Å². The van der Waals surface area contributed by atoms with Gasteiger partial charge >= 0.3 is 0 Å². The molecule has 7 heteroatoms. The fourth-order valence-corrected chi connectivity index (χ4v) is 5.81. The van der Waals surface area contributed by atoms with Gasteiger partial charge in [0.1, 0.15) is 11.9 Å². The van der Waals surface area contributed by atoms with E-state index < -0.39 is 17.9 Å². The molecule has 1 N–H and O–H groups in total. The van der Waals surface area contributed by atoms with Crippen LogP contribution in [0.25, 0.3) is 10.9 Å². The van der Waals surface area contributed by atoms with Gasteiger partial charge < -0.3 is 5.11 Å². The minimum atomic E-state index is -0.594. The molecule has 7 nitrogen and oxygen atoms in total. The molecule has 4 aliphatic heterocycles. The molecule has 172 valence electrons. The third-order valence-electron chi connectivity index (χ3n) is 7.54. The molecule has 1 unspecified atom stereocenters. The fourth-order valence-electron chi connectivity index (χ4n) is 5.81. The van der Waals surface area contributed by atoms with Crippen molar-refractivity contribution >= 4 is 22.7 Å². The van der Waals surface area contributed by atoms with Gasteiger partial charge in [0.05, 0.1) is 16.6 Å². The summed E-state index contributed by atoms with van der Waals surface area (Å²) < 4.78 is 0. The van der Waals surface area contributed by atoms with E-state index in [-0.39, 0.29) is 11.8 Å². The molecule has 7 rings (SSSR count). The van der Waals surface area contributed by atoms with Crippen LogP contribution < -0.4 is 0 Å². The maximum absolute atomic E-state index is 13.1. The van der Waals surface area contributed by atoms with Gasteiger partial charge in [-0.1, -0.05) is 18.2 Å². The number of aromatic hydroxyl groups is 1. The van der Waals surface area contributed by atoms with Crippen LogP contribution in [0.3, 0.4) is 0 Å². The van der Waals surface area contributed by atoms with Crippen LogP contribution in [0.1, 0.15) is 45.2 Å². The molecule has 34 heavy (non-hydrogen) atoms. The van der Waals surface area contributed by atoms with E-state index in [2.05, 4.69) is 16.5 Å². The Bertz CT molecular complexity index is 1290. The first kappa shape index (κ1) is 21.0. The third-order valence-corrected chi connectivity index (χ3v) is 7.54. The Morgan fingerprint density at radius 2 is 1.88 bits per heavy atom. The first-order chi connectivity index (χ1) is 16.5. The summed E-state index contributed by atoms with van der Waals surface area (Å²) in [4.78, 5) is 39.5. The van der Waals surface area contributed by atoms with Crippen molar-refractivity contribution < 1.29 is 19.5 Å². The summed E-state index contributed by atoms with van der Waals surface area (Å²) in [5, 5.41) is 11.9. The predicted octanol–water partition coefficient (Wildman–Crippen LogP) is 4.11. The maximum Gasteiger partial charge on any atom is 0.285 e. The molecule has 4 aliphatic rings. The summed E-state index contributed by atoms with van der Waals surface area (Å²) in [6.07, 6.45) is 5.10. The Morgan fingerprint density at radius 1 is 1.12 bits per heavy atom. The van der Waals surface area contributed by atoms with Crippen molar-refractivity contribution in [3.05, 3.63) is 84.1 Å². The minimum Gasteiger partial charge on any atom is -0.508 e.